The number of hydrogen-bond acceptors (Lipinski definition) is 2. The molecule has 0 unspecified atom stereocenters. The highest BCUT2D eigenvalue weighted by Gasteiger charge is 2.23. The molecule has 1 amide bonds. The Labute approximate surface area is 119 Å². The molecule has 1 aliphatic heterocycles. The summed E-state index contributed by atoms with van der Waals surface area (Å²) < 4.78 is 0. The van der Waals surface area contributed by atoms with Crippen LogP contribution in [0.25, 0.3) is 0 Å². The molecule has 2 N–H and O–H groups in total. The Morgan fingerprint density at radius 1 is 1.10 bits per heavy atom. The molecule has 3 nitrogen and oxygen atoms in total. The zero-order valence-electron chi connectivity index (χ0n) is 11.6. The lowest BCUT2D eigenvalue weighted by molar-refractivity contribution is -0.131. The normalized spacial score (nSPS) is 13.3. The second kappa shape index (κ2) is 5.00. The maximum atomic E-state index is 12.3. The van der Waals surface area contributed by atoms with Crippen molar-refractivity contribution in [1.29, 1.82) is 0 Å². The lowest BCUT2D eigenvalue weighted by Gasteiger charge is -2.15. The van der Waals surface area contributed by atoms with Crippen LogP contribution in [0.15, 0.2) is 42.5 Å². The third-order valence-electron chi connectivity index (χ3n) is 3.78. The van der Waals surface area contributed by atoms with E-state index in [2.05, 4.69) is 0 Å². The van der Waals surface area contributed by atoms with Crippen LogP contribution in [-0.4, -0.2) is 10.8 Å². The lowest BCUT2D eigenvalue weighted by Crippen LogP contribution is -2.26. The first-order valence-corrected chi connectivity index (χ1v) is 6.82. The standard InChI is InChI=1S/C17H18N2O/c1-12-2-4-13(5-3-12)8-17(20)19-10-14-6-7-16(18)9-15(14)11-19/h2-7,9H,8,10-11,18H2,1H3. The van der Waals surface area contributed by atoms with Gasteiger partial charge < -0.3 is 10.6 Å². The van der Waals surface area contributed by atoms with Crippen LogP contribution >= 0.6 is 0 Å². The van der Waals surface area contributed by atoms with Crippen molar-refractivity contribution in [2.24, 2.45) is 0 Å². The number of amides is 1. The van der Waals surface area contributed by atoms with Gasteiger partial charge in [-0.05, 0) is 35.7 Å². The first kappa shape index (κ1) is 12.7. The quantitative estimate of drug-likeness (QED) is 0.849. The van der Waals surface area contributed by atoms with Gasteiger partial charge in [0, 0.05) is 18.8 Å². The molecule has 0 saturated carbocycles. The maximum absolute atomic E-state index is 12.3. The largest absolute Gasteiger partial charge is 0.399 e. The van der Waals surface area contributed by atoms with E-state index in [0.29, 0.717) is 19.5 Å². The number of anilines is 1. The molecule has 0 bridgehead atoms. The van der Waals surface area contributed by atoms with Gasteiger partial charge >= 0.3 is 0 Å². The molecule has 2 aromatic carbocycles. The van der Waals surface area contributed by atoms with Gasteiger partial charge in [-0.15, -0.1) is 0 Å². The van der Waals surface area contributed by atoms with E-state index in [1.807, 2.05) is 54.3 Å². The van der Waals surface area contributed by atoms with E-state index < -0.39 is 0 Å². The van der Waals surface area contributed by atoms with E-state index in [-0.39, 0.29) is 5.91 Å². The van der Waals surface area contributed by atoms with Crippen molar-refractivity contribution in [3.05, 3.63) is 64.7 Å². The monoisotopic (exact) mass is 266 g/mol. The van der Waals surface area contributed by atoms with Gasteiger partial charge in [0.2, 0.25) is 5.91 Å². The number of hydrogen-bond donors (Lipinski definition) is 1. The summed E-state index contributed by atoms with van der Waals surface area (Å²) in [7, 11) is 0. The first-order valence-electron chi connectivity index (χ1n) is 6.82. The molecule has 0 atom stereocenters. The summed E-state index contributed by atoms with van der Waals surface area (Å²) in [4.78, 5) is 14.2. The predicted molar refractivity (Wildman–Crippen MR) is 80.0 cm³/mol. The van der Waals surface area contributed by atoms with Crippen LogP contribution in [0.5, 0.6) is 0 Å². The number of fused-ring (bicyclic) bond motifs is 1. The van der Waals surface area contributed by atoms with E-state index in [1.165, 1.54) is 16.7 Å². The van der Waals surface area contributed by atoms with E-state index in [0.717, 1.165) is 11.3 Å². The molecule has 0 spiro atoms. The van der Waals surface area contributed by atoms with E-state index in [1.54, 1.807) is 0 Å². The van der Waals surface area contributed by atoms with Gasteiger partial charge in [0.1, 0.15) is 0 Å². The zero-order valence-corrected chi connectivity index (χ0v) is 11.6. The highest BCUT2D eigenvalue weighted by Crippen LogP contribution is 2.25. The van der Waals surface area contributed by atoms with Gasteiger partial charge in [-0.2, -0.15) is 0 Å². The van der Waals surface area contributed by atoms with Crippen LogP contribution in [0.3, 0.4) is 0 Å². The van der Waals surface area contributed by atoms with E-state index in [4.69, 9.17) is 5.73 Å². The van der Waals surface area contributed by atoms with Crippen LogP contribution < -0.4 is 5.73 Å². The summed E-state index contributed by atoms with van der Waals surface area (Å²) in [6.45, 7) is 3.42. The summed E-state index contributed by atoms with van der Waals surface area (Å²) in [5, 5.41) is 0. The minimum Gasteiger partial charge on any atom is -0.399 e. The Bertz CT molecular complexity index is 647. The maximum Gasteiger partial charge on any atom is 0.227 e. The Morgan fingerprint density at radius 2 is 1.80 bits per heavy atom. The SMILES string of the molecule is Cc1ccc(CC(=O)N2Cc3ccc(N)cc3C2)cc1. The third kappa shape index (κ3) is 2.52. The van der Waals surface area contributed by atoms with Gasteiger partial charge in [0.25, 0.3) is 0 Å². The molecular formula is C17H18N2O. The molecule has 0 aromatic heterocycles. The second-order valence-corrected chi connectivity index (χ2v) is 5.44. The molecule has 0 fully saturated rings. The number of nitrogens with zero attached hydrogens (tertiary/aromatic N) is 1. The Hall–Kier alpha value is -2.29. The minimum absolute atomic E-state index is 0.170. The molecule has 0 radical (unpaired) electrons. The number of carbonyl (C=O) groups excluding carboxylic acids is 1. The molecule has 20 heavy (non-hydrogen) atoms. The summed E-state index contributed by atoms with van der Waals surface area (Å²) >= 11 is 0. The molecule has 2 aromatic rings. The van der Waals surface area contributed by atoms with Crippen LogP contribution in [0.2, 0.25) is 0 Å². The number of carbonyl (C=O) groups is 1. The highest BCUT2D eigenvalue weighted by atomic mass is 16.2. The topological polar surface area (TPSA) is 46.3 Å². The second-order valence-electron chi connectivity index (χ2n) is 5.44. The third-order valence-corrected chi connectivity index (χ3v) is 3.78. The van der Waals surface area contributed by atoms with E-state index >= 15 is 0 Å². The fourth-order valence-electron chi connectivity index (χ4n) is 2.58. The van der Waals surface area contributed by atoms with Gasteiger partial charge in [0.05, 0.1) is 6.42 Å². The van der Waals surface area contributed by atoms with Gasteiger partial charge in [0.15, 0.2) is 0 Å². The minimum atomic E-state index is 0.170. The van der Waals surface area contributed by atoms with Crippen molar-refractivity contribution in [3.8, 4) is 0 Å². The predicted octanol–water partition coefficient (Wildman–Crippen LogP) is 2.66. The van der Waals surface area contributed by atoms with Crippen molar-refractivity contribution in [3.63, 3.8) is 0 Å². The number of nitrogen functional groups attached to an aromatic ring is 1. The smallest absolute Gasteiger partial charge is 0.227 e. The van der Waals surface area contributed by atoms with Crippen LogP contribution in [-0.2, 0) is 24.3 Å². The average Bonchev–Trinajstić information content (AvgIpc) is 2.84. The van der Waals surface area contributed by atoms with Crippen molar-refractivity contribution >= 4 is 11.6 Å². The Balaban J connectivity index is 1.69. The van der Waals surface area contributed by atoms with Crippen LogP contribution in [0.1, 0.15) is 22.3 Å². The zero-order chi connectivity index (χ0) is 14.1. The van der Waals surface area contributed by atoms with Crippen LogP contribution in [0.4, 0.5) is 5.69 Å². The average molecular weight is 266 g/mol. The summed E-state index contributed by atoms with van der Waals surface area (Å²) in [6.07, 6.45) is 0.462. The fourth-order valence-corrected chi connectivity index (χ4v) is 2.58. The molecule has 3 heteroatoms. The number of nitrogens with two attached hydrogens (primary N) is 1. The Morgan fingerprint density at radius 3 is 2.55 bits per heavy atom. The lowest BCUT2D eigenvalue weighted by atomic mass is 10.1. The molecule has 0 aliphatic carbocycles. The van der Waals surface area contributed by atoms with Gasteiger partial charge in [-0.25, -0.2) is 0 Å². The van der Waals surface area contributed by atoms with E-state index in [9.17, 15) is 4.79 Å². The van der Waals surface area contributed by atoms with Gasteiger partial charge in [-0.3, -0.25) is 4.79 Å². The summed E-state index contributed by atoms with van der Waals surface area (Å²) in [5.41, 5.74) is 11.2. The molecule has 1 heterocycles. The molecule has 3 rings (SSSR count). The summed E-state index contributed by atoms with van der Waals surface area (Å²) in [6, 6.07) is 14.0. The van der Waals surface area contributed by atoms with Crippen molar-refractivity contribution in [1.82, 2.24) is 4.90 Å². The van der Waals surface area contributed by atoms with Gasteiger partial charge in [-0.1, -0.05) is 35.9 Å². The highest BCUT2D eigenvalue weighted by molar-refractivity contribution is 5.79. The number of aryl methyl sites for hydroxylation is 1. The molecular weight excluding hydrogens is 248 g/mol. The molecule has 102 valence electrons. The molecule has 1 aliphatic rings. The van der Waals surface area contributed by atoms with Crippen LogP contribution in [0, 0.1) is 6.92 Å². The van der Waals surface area contributed by atoms with Crippen molar-refractivity contribution < 1.29 is 4.79 Å². The molecule has 0 saturated heterocycles. The Kier molecular flexibility index (Phi) is 3.18. The number of benzene rings is 2. The fraction of sp³-hybridized carbons (Fsp3) is 0.235. The van der Waals surface area contributed by atoms with Crippen molar-refractivity contribution in [2.45, 2.75) is 26.4 Å². The number of rotatable bonds is 2. The first-order chi connectivity index (χ1) is 9.61. The van der Waals surface area contributed by atoms with Crippen molar-refractivity contribution in [2.75, 3.05) is 5.73 Å². The summed E-state index contributed by atoms with van der Waals surface area (Å²) in [5.74, 6) is 0.170.